The van der Waals surface area contributed by atoms with E-state index in [1.54, 1.807) is 6.33 Å². The molecule has 4 heteroatoms. The van der Waals surface area contributed by atoms with Gasteiger partial charge < -0.3 is 0 Å². The number of hydrogen-bond acceptors (Lipinski definition) is 1. The molecule has 0 atom stereocenters. The van der Waals surface area contributed by atoms with Gasteiger partial charge in [-0.3, -0.25) is 4.57 Å². The molecule has 0 saturated heterocycles. The number of hydrogen-bond donors (Lipinski definition) is 0. The van der Waals surface area contributed by atoms with Crippen LogP contribution in [0.1, 0.15) is 0 Å². The lowest BCUT2D eigenvalue weighted by atomic mass is 10.1. The number of nitrogens with zero attached hydrogens (tertiary/aromatic N) is 2. The molecular formula is C15H10Cl2N2. The van der Waals surface area contributed by atoms with Gasteiger partial charge in [0.1, 0.15) is 0 Å². The fourth-order valence-electron chi connectivity index (χ4n) is 1.94. The molecule has 0 saturated carbocycles. The van der Waals surface area contributed by atoms with Gasteiger partial charge >= 0.3 is 0 Å². The van der Waals surface area contributed by atoms with E-state index in [2.05, 4.69) is 4.98 Å². The quantitative estimate of drug-likeness (QED) is 0.659. The first kappa shape index (κ1) is 12.3. The summed E-state index contributed by atoms with van der Waals surface area (Å²) in [6.45, 7) is 0. The zero-order valence-electron chi connectivity index (χ0n) is 9.92. The average Bonchev–Trinajstić information content (AvgIpc) is 2.90. The van der Waals surface area contributed by atoms with Crippen LogP contribution >= 0.6 is 23.2 Å². The van der Waals surface area contributed by atoms with Crippen LogP contribution in [-0.2, 0) is 0 Å². The normalized spacial score (nSPS) is 10.6. The summed E-state index contributed by atoms with van der Waals surface area (Å²) < 4.78 is 2.01. The van der Waals surface area contributed by atoms with Crippen molar-refractivity contribution in [1.82, 2.24) is 9.55 Å². The van der Waals surface area contributed by atoms with E-state index in [0.29, 0.717) is 0 Å². The number of rotatable bonds is 2. The van der Waals surface area contributed by atoms with Gasteiger partial charge in [0.15, 0.2) is 0 Å². The van der Waals surface area contributed by atoms with Crippen LogP contribution in [-0.4, -0.2) is 9.55 Å². The molecule has 0 aliphatic heterocycles. The third-order valence-electron chi connectivity index (χ3n) is 2.88. The second kappa shape index (κ2) is 5.08. The molecule has 0 aliphatic carbocycles. The molecule has 0 aliphatic rings. The summed E-state index contributed by atoms with van der Waals surface area (Å²) in [5.41, 5.74) is 3.10. The lowest BCUT2D eigenvalue weighted by Crippen LogP contribution is -1.94. The number of aromatic nitrogens is 2. The van der Waals surface area contributed by atoms with Crippen LogP contribution in [0, 0.1) is 0 Å². The van der Waals surface area contributed by atoms with E-state index in [4.69, 9.17) is 23.2 Å². The maximum atomic E-state index is 5.91. The lowest BCUT2D eigenvalue weighted by Gasteiger charge is -2.08. The van der Waals surface area contributed by atoms with Gasteiger partial charge in [-0.2, -0.15) is 0 Å². The minimum Gasteiger partial charge on any atom is -0.299 e. The molecule has 3 aromatic rings. The average molecular weight is 289 g/mol. The first-order valence-corrected chi connectivity index (χ1v) is 6.54. The van der Waals surface area contributed by atoms with E-state index in [1.165, 1.54) is 0 Å². The van der Waals surface area contributed by atoms with Gasteiger partial charge in [0.05, 0.1) is 18.2 Å². The van der Waals surface area contributed by atoms with Gasteiger partial charge in [-0.05, 0) is 36.4 Å². The van der Waals surface area contributed by atoms with E-state index in [9.17, 15) is 0 Å². The van der Waals surface area contributed by atoms with Crippen LogP contribution in [0.2, 0.25) is 10.0 Å². The Balaban J connectivity index is 2.07. The van der Waals surface area contributed by atoms with E-state index in [1.807, 2.05) is 59.3 Å². The van der Waals surface area contributed by atoms with E-state index < -0.39 is 0 Å². The number of benzene rings is 2. The maximum Gasteiger partial charge on any atom is 0.0997 e. The summed E-state index contributed by atoms with van der Waals surface area (Å²) >= 11 is 11.8. The number of imidazole rings is 1. The van der Waals surface area contributed by atoms with Gasteiger partial charge in [0.25, 0.3) is 0 Å². The topological polar surface area (TPSA) is 17.8 Å². The zero-order valence-corrected chi connectivity index (χ0v) is 11.4. The first-order chi connectivity index (χ1) is 9.24. The fraction of sp³-hybridized carbons (Fsp3) is 0. The third kappa shape index (κ3) is 2.50. The van der Waals surface area contributed by atoms with Crippen LogP contribution in [0.4, 0.5) is 0 Å². The van der Waals surface area contributed by atoms with Gasteiger partial charge in [-0.25, -0.2) is 4.98 Å². The Labute approximate surface area is 121 Å². The highest BCUT2D eigenvalue weighted by molar-refractivity contribution is 6.30. The molecule has 19 heavy (non-hydrogen) atoms. The van der Waals surface area contributed by atoms with Crippen LogP contribution in [0.3, 0.4) is 0 Å². The van der Waals surface area contributed by atoms with Crippen LogP contribution in [0.5, 0.6) is 0 Å². The van der Waals surface area contributed by atoms with Crippen molar-refractivity contribution in [2.75, 3.05) is 0 Å². The molecule has 0 N–H and O–H groups in total. The molecule has 2 nitrogen and oxygen atoms in total. The molecule has 0 amide bonds. The Morgan fingerprint density at radius 3 is 2.00 bits per heavy atom. The van der Waals surface area contributed by atoms with Gasteiger partial charge in [-0.15, -0.1) is 0 Å². The van der Waals surface area contributed by atoms with E-state index in [0.717, 1.165) is 27.0 Å². The molecule has 0 fully saturated rings. The molecule has 0 spiro atoms. The van der Waals surface area contributed by atoms with Crippen molar-refractivity contribution in [3.63, 3.8) is 0 Å². The van der Waals surface area contributed by atoms with Gasteiger partial charge in [-0.1, -0.05) is 35.3 Å². The summed E-state index contributed by atoms with van der Waals surface area (Å²) in [6, 6.07) is 15.3. The Kier molecular flexibility index (Phi) is 3.28. The smallest absolute Gasteiger partial charge is 0.0997 e. The van der Waals surface area contributed by atoms with Crippen molar-refractivity contribution < 1.29 is 0 Å². The highest BCUT2D eigenvalue weighted by Gasteiger charge is 2.06. The minimum atomic E-state index is 0.719. The van der Waals surface area contributed by atoms with Gasteiger partial charge in [0.2, 0.25) is 0 Å². The van der Waals surface area contributed by atoms with E-state index in [-0.39, 0.29) is 0 Å². The third-order valence-corrected chi connectivity index (χ3v) is 3.39. The molecule has 0 radical (unpaired) electrons. The summed E-state index contributed by atoms with van der Waals surface area (Å²) in [6.07, 6.45) is 3.62. The van der Waals surface area contributed by atoms with Crippen LogP contribution in [0.15, 0.2) is 61.1 Å². The van der Waals surface area contributed by atoms with Crippen molar-refractivity contribution in [2.45, 2.75) is 0 Å². The van der Waals surface area contributed by atoms with Crippen molar-refractivity contribution in [3.8, 4) is 16.9 Å². The standard InChI is InChI=1S/C15H10Cl2N2/c16-12-3-1-11(2-4-12)15-9-18-10-19(15)14-7-5-13(17)6-8-14/h1-10H. The molecule has 0 bridgehead atoms. The second-order valence-corrected chi connectivity index (χ2v) is 5.01. The lowest BCUT2D eigenvalue weighted by molar-refractivity contribution is 1.06. The second-order valence-electron chi connectivity index (χ2n) is 4.13. The Bertz CT molecular complexity index is 625. The fourth-order valence-corrected chi connectivity index (χ4v) is 2.19. The summed E-state index contributed by atoms with van der Waals surface area (Å²) in [7, 11) is 0. The molecule has 1 aromatic heterocycles. The number of halogens is 2. The molecular weight excluding hydrogens is 279 g/mol. The molecule has 0 unspecified atom stereocenters. The first-order valence-electron chi connectivity index (χ1n) is 5.78. The summed E-state index contributed by atoms with van der Waals surface area (Å²) in [5, 5.41) is 1.44. The Hall–Kier alpha value is -1.77. The predicted molar refractivity (Wildman–Crippen MR) is 79.0 cm³/mol. The van der Waals surface area contributed by atoms with Crippen molar-refractivity contribution in [1.29, 1.82) is 0 Å². The summed E-state index contributed by atoms with van der Waals surface area (Å²) in [5.74, 6) is 0. The Morgan fingerprint density at radius 2 is 1.37 bits per heavy atom. The highest BCUT2D eigenvalue weighted by Crippen LogP contribution is 2.24. The van der Waals surface area contributed by atoms with Crippen molar-refractivity contribution in [3.05, 3.63) is 71.1 Å². The molecule has 1 heterocycles. The maximum absolute atomic E-state index is 5.91. The van der Waals surface area contributed by atoms with Crippen molar-refractivity contribution in [2.24, 2.45) is 0 Å². The van der Waals surface area contributed by atoms with Gasteiger partial charge in [0, 0.05) is 21.3 Å². The molecule has 94 valence electrons. The minimum absolute atomic E-state index is 0.719. The largest absolute Gasteiger partial charge is 0.299 e. The molecule has 2 aromatic carbocycles. The Morgan fingerprint density at radius 1 is 0.789 bits per heavy atom. The monoisotopic (exact) mass is 288 g/mol. The van der Waals surface area contributed by atoms with Crippen LogP contribution in [0.25, 0.3) is 16.9 Å². The van der Waals surface area contributed by atoms with Crippen LogP contribution < -0.4 is 0 Å². The van der Waals surface area contributed by atoms with Crippen molar-refractivity contribution >= 4 is 23.2 Å². The van der Waals surface area contributed by atoms with E-state index >= 15 is 0 Å². The summed E-state index contributed by atoms with van der Waals surface area (Å²) in [4.78, 5) is 4.22. The SMILES string of the molecule is Clc1ccc(-c2cncn2-c2ccc(Cl)cc2)cc1. The predicted octanol–water partition coefficient (Wildman–Crippen LogP) is 4.85. The zero-order chi connectivity index (χ0) is 13.2. The highest BCUT2D eigenvalue weighted by atomic mass is 35.5. The molecule has 3 rings (SSSR count).